The van der Waals surface area contributed by atoms with Crippen molar-refractivity contribution in [3.8, 4) is 0 Å². The van der Waals surface area contributed by atoms with E-state index < -0.39 is 0 Å². The van der Waals surface area contributed by atoms with E-state index in [2.05, 4.69) is 32.9 Å². The molecule has 0 radical (unpaired) electrons. The van der Waals surface area contributed by atoms with Gasteiger partial charge in [-0.25, -0.2) is 9.98 Å². The first kappa shape index (κ1) is 22.8. The number of nitrogens with one attached hydrogen (secondary N) is 3. The highest BCUT2D eigenvalue weighted by atomic mass is 32.1. The smallest absolute Gasteiger partial charge is 0.251 e. The molecule has 1 heterocycles. The lowest BCUT2D eigenvalue weighted by molar-refractivity contribution is 0.0951. The maximum atomic E-state index is 12.3. The summed E-state index contributed by atoms with van der Waals surface area (Å²) in [7, 11) is 3.97. The maximum Gasteiger partial charge on any atom is 0.251 e. The molecule has 7 nitrogen and oxygen atoms in total. The summed E-state index contributed by atoms with van der Waals surface area (Å²) in [6.45, 7) is 7.52. The van der Waals surface area contributed by atoms with Crippen LogP contribution in [-0.4, -0.2) is 55.5 Å². The molecule has 0 aliphatic heterocycles. The van der Waals surface area contributed by atoms with Crippen LogP contribution in [-0.2, 0) is 19.5 Å². The molecule has 8 heteroatoms. The van der Waals surface area contributed by atoms with Crippen LogP contribution in [0.15, 0.2) is 35.5 Å². The Kier molecular flexibility index (Phi) is 9.59. The van der Waals surface area contributed by atoms with Crippen LogP contribution in [0.2, 0.25) is 0 Å². The van der Waals surface area contributed by atoms with E-state index in [1.165, 1.54) is 4.88 Å². The van der Waals surface area contributed by atoms with Crippen LogP contribution >= 0.6 is 11.3 Å². The number of aliphatic imine (C=N–C) groups is 1. The van der Waals surface area contributed by atoms with Gasteiger partial charge in [-0.1, -0.05) is 19.1 Å². The summed E-state index contributed by atoms with van der Waals surface area (Å²) in [4.78, 5) is 24.7. The minimum atomic E-state index is -0.0572. The Morgan fingerprint density at radius 3 is 2.72 bits per heavy atom. The second-order valence-corrected chi connectivity index (χ2v) is 8.08. The van der Waals surface area contributed by atoms with Crippen LogP contribution in [0.25, 0.3) is 0 Å². The van der Waals surface area contributed by atoms with Gasteiger partial charge in [0.05, 0.1) is 13.1 Å². The molecule has 0 aliphatic carbocycles. The molecule has 1 aromatic heterocycles. The molecule has 1 amide bonds. The summed E-state index contributed by atoms with van der Waals surface area (Å²) in [6.07, 6.45) is 2.94. The van der Waals surface area contributed by atoms with Crippen molar-refractivity contribution < 1.29 is 4.79 Å². The van der Waals surface area contributed by atoms with Gasteiger partial charge in [0.2, 0.25) is 0 Å². The van der Waals surface area contributed by atoms with Crippen molar-refractivity contribution >= 4 is 23.2 Å². The van der Waals surface area contributed by atoms with Crippen LogP contribution < -0.4 is 16.0 Å². The van der Waals surface area contributed by atoms with Gasteiger partial charge in [-0.2, -0.15) is 0 Å². The first-order valence-electron chi connectivity index (χ1n) is 9.99. The lowest BCUT2D eigenvalue weighted by Crippen LogP contribution is -2.36. The molecule has 0 fully saturated rings. The number of carbonyl (C=O) groups is 1. The minimum Gasteiger partial charge on any atom is -0.357 e. The van der Waals surface area contributed by atoms with E-state index in [4.69, 9.17) is 0 Å². The molecule has 2 aromatic rings. The highest BCUT2D eigenvalue weighted by Crippen LogP contribution is 2.13. The van der Waals surface area contributed by atoms with Crippen LogP contribution in [0, 0.1) is 0 Å². The molecule has 0 bridgehead atoms. The monoisotopic (exact) mass is 416 g/mol. The molecule has 2 rings (SSSR count). The van der Waals surface area contributed by atoms with Crippen molar-refractivity contribution in [3.05, 3.63) is 51.5 Å². The van der Waals surface area contributed by atoms with E-state index in [-0.39, 0.29) is 5.91 Å². The van der Waals surface area contributed by atoms with E-state index in [1.807, 2.05) is 56.4 Å². The predicted molar refractivity (Wildman–Crippen MR) is 120 cm³/mol. The number of hydrogen-bond acceptors (Lipinski definition) is 5. The van der Waals surface area contributed by atoms with Gasteiger partial charge in [0, 0.05) is 36.3 Å². The van der Waals surface area contributed by atoms with Gasteiger partial charge < -0.3 is 20.9 Å². The largest absolute Gasteiger partial charge is 0.357 e. The van der Waals surface area contributed by atoms with Gasteiger partial charge >= 0.3 is 0 Å². The summed E-state index contributed by atoms with van der Waals surface area (Å²) in [5, 5.41) is 10.6. The molecule has 1 aromatic carbocycles. The Hall–Kier alpha value is -2.45. The lowest BCUT2D eigenvalue weighted by atomic mass is 10.1. The second-order valence-electron chi connectivity index (χ2n) is 6.88. The van der Waals surface area contributed by atoms with Gasteiger partial charge in [-0.15, -0.1) is 11.3 Å². The normalized spacial score (nSPS) is 11.6. The molecule has 158 valence electrons. The number of likely N-dealkylation sites (N-methyl/N-ethyl adjacent to an activating group) is 1. The fourth-order valence-corrected chi connectivity index (χ4v) is 3.37. The Morgan fingerprint density at radius 2 is 2.03 bits per heavy atom. The number of benzene rings is 1. The van der Waals surface area contributed by atoms with Gasteiger partial charge in [-0.3, -0.25) is 4.79 Å². The highest BCUT2D eigenvalue weighted by molar-refractivity contribution is 7.11. The summed E-state index contributed by atoms with van der Waals surface area (Å²) in [6, 6.07) is 7.60. The van der Waals surface area contributed by atoms with Crippen molar-refractivity contribution in [1.29, 1.82) is 0 Å². The van der Waals surface area contributed by atoms with Crippen LogP contribution in [0.4, 0.5) is 0 Å². The fraction of sp³-hybridized carbons (Fsp3) is 0.476. The van der Waals surface area contributed by atoms with Crippen LogP contribution in [0.1, 0.15) is 39.7 Å². The number of aryl methyl sites for hydroxylation is 1. The molecule has 0 saturated heterocycles. The zero-order valence-corrected chi connectivity index (χ0v) is 18.6. The molecular formula is C21H32N6OS. The van der Waals surface area contributed by atoms with Gasteiger partial charge in [0.1, 0.15) is 5.01 Å². The molecule has 0 aliphatic rings. The highest BCUT2D eigenvalue weighted by Gasteiger charge is 2.07. The molecular weight excluding hydrogens is 384 g/mol. The van der Waals surface area contributed by atoms with E-state index in [1.54, 1.807) is 11.3 Å². The fourth-order valence-electron chi connectivity index (χ4n) is 2.57. The summed E-state index contributed by atoms with van der Waals surface area (Å²) in [5.74, 6) is 0.680. The van der Waals surface area contributed by atoms with Crippen molar-refractivity contribution in [2.75, 3.05) is 33.7 Å². The number of aromatic nitrogens is 1. The topological polar surface area (TPSA) is 81.7 Å². The number of rotatable bonds is 10. The average Bonchev–Trinajstić information content (AvgIpc) is 3.18. The Morgan fingerprint density at radius 1 is 1.21 bits per heavy atom. The molecule has 0 spiro atoms. The number of thiazole rings is 1. The third kappa shape index (κ3) is 8.21. The summed E-state index contributed by atoms with van der Waals surface area (Å²) in [5.41, 5.74) is 1.65. The van der Waals surface area contributed by atoms with Crippen LogP contribution in [0.5, 0.6) is 0 Å². The number of amides is 1. The first-order valence-corrected chi connectivity index (χ1v) is 10.8. The minimum absolute atomic E-state index is 0.0572. The Balaban J connectivity index is 1.94. The van der Waals surface area contributed by atoms with E-state index >= 15 is 0 Å². The molecule has 3 N–H and O–H groups in total. The van der Waals surface area contributed by atoms with Gasteiger partial charge in [0.25, 0.3) is 5.91 Å². The van der Waals surface area contributed by atoms with E-state index in [0.29, 0.717) is 25.2 Å². The van der Waals surface area contributed by atoms with Crippen molar-refractivity contribution in [2.45, 2.75) is 33.4 Å². The van der Waals surface area contributed by atoms with Crippen molar-refractivity contribution in [2.24, 2.45) is 4.99 Å². The summed E-state index contributed by atoms with van der Waals surface area (Å²) < 4.78 is 0. The summed E-state index contributed by atoms with van der Waals surface area (Å²) >= 11 is 1.72. The third-order valence-corrected chi connectivity index (χ3v) is 5.30. The number of carbonyl (C=O) groups excluding carboxylic acids is 1. The zero-order valence-electron chi connectivity index (χ0n) is 17.8. The van der Waals surface area contributed by atoms with Gasteiger partial charge in [0.15, 0.2) is 5.96 Å². The standard InChI is InChI=1S/C21H32N6OS/c1-5-18-14-24-19(29-18)15-26-21(22-6-2)25-13-16-8-7-9-17(12-16)20(28)23-10-11-27(3)4/h7-9,12,14H,5-6,10-11,13,15H2,1-4H3,(H,23,28)(H2,22,25,26). The van der Waals surface area contributed by atoms with E-state index in [9.17, 15) is 4.79 Å². The Bertz CT molecular complexity index is 802. The maximum absolute atomic E-state index is 12.3. The van der Waals surface area contributed by atoms with Gasteiger partial charge in [-0.05, 0) is 45.1 Å². The van der Waals surface area contributed by atoms with Crippen molar-refractivity contribution in [3.63, 3.8) is 0 Å². The molecule has 29 heavy (non-hydrogen) atoms. The average molecular weight is 417 g/mol. The molecule has 0 unspecified atom stereocenters. The third-order valence-electron chi connectivity index (χ3n) is 4.15. The van der Waals surface area contributed by atoms with Crippen molar-refractivity contribution in [1.82, 2.24) is 25.8 Å². The number of nitrogens with zero attached hydrogens (tertiary/aromatic N) is 3. The predicted octanol–water partition coefficient (Wildman–Crippen LogP) is 2.25. The Labute approximate surface area is 177 Å². The van der Waals surface area contributed by atoms with E-state index in [0.717, 1.165) is 36.0 Å². The number of guanidine groups is 1. The zero-order chi connectivity index (χ0) is 21.1. The number of hydrogen-bond donors (Lipinski definition) is 3. The second kappa shape index (κ2) is 12.2. The first-order chi connectivity index (χ1) is 14.0. The quantitative estimate of drug-likeness (QED) is 0.409. The van der Waals surface area contributed by atoms with Crippen LogP contribution in [0.3, 0.4) is 0 Å². The lowest BCUT2D eigenvalue weighted by Gasteiger charge is -2.11. The molecule has 0 saturated carbocycles. The SMILES string of the molecule is CCNC(=NCc1cccc(C(=O)NCCN(C)C)c1)NCc1ncc(CC)s1. The molecule has 0 atom stereocenters.